The molecule has 0 saturated carbocycles. The van der Waals surface area contributed by atoms with Crippen LogP contribution >= 0.6 is 0 Å². The first kappa shape index (κ1) is 34.3. The number of ether oxygens (including phenoxy) is 1. The van der Waals surface area contributed by atoms with E-state index in [-0.39, 0.29) is 51.4 Å². The number of nitrogens with one attached hydrogen (secondary N) is 3. The fourth-order valence-corrected chi connectivity index (χ4v) is 7.18. The number of carbonyl (C=O) groups is 2. The molecule has 50 heavy (non-hydrogen) atoms. The summed E-state index contributed by atoms with van der Waals surface area (Å²) >= 11 is 0. The van der Waals surface area contributed by atoms with Gasteiger partial charge in [-0.1, -0.05) is 23.8 Å². The third-order valence-corrected chi connectivity index (χ3v) is 10.0. The van der Waals surface area contributed by atoms with E-state index in [4.69, 9.17) is 4.74 Å². The van der Waals surface area contributed by atoms with E-state index in [9.17, 15) is 22.4 Å². The Morgan fingerprint density at radius 2 is 1.78 bits per heavy atom. The van der Waals surface area contributed by atoms with Crippen molar-refractivity contribution in [3.05, 3.63) is 89.4 Å². The largest absolute Gasteiger partial charge is 0.495 e. The van der Waals surface area contributed by atoms with Crippen molar-refractivity contribution in [1.82, 2.24) is 24.2 Å². The maximum atomic E-state index is 15.0. The number of carbonyl (C=O) groups excluding carboxylic acids is 2. The van der Waals surface area contributed by atoms with Gasteiger partial charge in [0.1, 0.15) is 17.4 Å². The van der Waals surface area contributed by atoms with Crippen molar-refractivity contribution < 1.29 is 27.1 Å². The van der Waals surface area contributed by atoms with Crippen molar-refractivity contribution in [2.24, 2.45) is 0 Å². The summed E-state index contributed by atoms with van der Waals surface area (Å²) in [6.07, 6.45) is 2.91. The molecule has 0 saturated heterocycles. The summed E-state index contributed by atoms with van der Waals surface area (Å²) < 4.78 is 49.6. The third kappa shape index (κ3) is 6.56. The van der Waals surface area contributed by atoms with Gasteiger partial charge in [-0.25, -0.2) is 16.8 Å². The van der Waals surface area contributed by atoms with Crippen LogP contribution < -0.4 is 25.6 Å². The molecule has 0 atom stereocenters. The van der Waals surface area contributed by atoms with Gasteiger partial charge in [0.15, 0.2) is 5.65 Å². The highest BCUT2D eigenvalue weighted by Crippen LogP contribution is 2.39. The van der Waals surface area contributed by atoms with Crippen molar-refractivity contribution in [2.45, 2.75) is 24.7 Å². The zero-order chi connectivity index (χ0) is 35.7. The standard InChI is InChI=1S/C35H37FN8O5S/c1-21-11-13-23(14-12-21)50(47,48)44-17-15-24-32(38-26-10-6-9-25(36)31(26)34(46)37-2)40-35(41-33(24)44)39-27-19-28-22(18-29(27)49-5)8-7-16-43(28)30(45)20-42(3)4/h6,9-15,17-19H,7-8,16,20H2,1-5H3,(H,37,46)(H2,38,39,40,41). The first-order chi connectivity index (χ1) is 23.9. The molecule has 0 aliphatic carbocycles. The summed E-state index contributed by atoms with van der Waals surface area (Å²) in [6.45, 7) is 2.64. The maximum Gasteiger partial charge on any atom is 0.269 e. The minimum absolute atomic E-state index is 0.0168. The maximum absolute atomic E-state index is 15.0. The lowest BCUT2D eigenvalue weighted by Crippen LogP contribution is -2.40. The number of fused-ring (bicyclic) bond motifs is 2. The van der Waals surface area contributed by atoms with E-state index in [1.165, 1.54) is 50.7 Å². The number of rotatable bonds is 10. The topological polar surface area (TPSA) is 151 Å². The van der Waals surface area contributed by atoms with Crippen LogP contribution in [0.25, 0.3) is 11.0 Å². The number of anilines is 5. The van der Waals surface area contributed by atoms with Crippen LogP contribution in [-0.2, 0) is 21.2 Å². The normalized spacial score (nSPS) is 12.9. The van der Waals surface area contributed by atoms with Crippen LogP contribution in [0.2, 0.25) is 0 Å². The van der Waals surface area contributed by atoms with Crippen LogP contribution in [0, 0.1) is 12.7 Å². The average molecular weight is 701 g/mol. The van der Waals surface area contributed by atoms with Crippen LogP contribution in [0.3, 0.4) is 0 Å². The Balaban J connectivity index is 1.51. The summed E-state index contributed by atoms with van der Waals surface area (Å²) in [4.78, 5) is 38.8. The van der Waals surface area contributed by atoms with Crippen LogP contribution in [0.1, 0.15) is 27.9 Å². The molecule has 0 radical (unpaired) electrons. The molecule has 2 amide bonds. The number of aryl methyl sites for hydroxylation is 2. The molecule has 0 unspecified atom stereocenters. The SMILES string of the molecule is CNC(=O)c1c(F)cccc1Nc1nc(Nc2cc3c(cc2OC)CCCN3C(=O)CN(C)C)nc2c1ccn2S(=O)(=O)c1ccc(C)cc1. The number of methoxy groups -OCH3 is 1. The van der Waals surface area contributed by atoms with Crippen molar-refractivity contribution in [1.29, 1.82) is 0 Å². The Morgan fingerprint density at radius 1 is 1.02 bits per heavy atom. The Bertz CT molecular complexity index is 2220. The van der Waals surface area contributed by atoms with Gasteiger partial charge in [-0.05, 0) is 81.9 Å². The summed E-state index contributed by atoms with van der Waals surface area (Å²) in [5.41, 5.74) is 2.85. The second kappa shape index (κ2) is 13.8. The van der Waals surface area contributed by atoms with Crippen LogP contribution in [0.15, 0.2) is 71.8 Å². The minimum atomic E-state index is -4.13. The number of aromatic nitrogens is 3. The predicted molar refractivity (Wildman–Crippen MR) is 190 cm³/mol. The molecule has 2 aromatic heterocycles. The number of benzene rings is 3. The van der Waals surface area contributed by atoms with E-state index in [2.05, 4.69) is 25.9 Å². The number of hydrogen-bond acceptors (Lipinski definition) is 10. The summed E-state index contributed by atoms with van der Waals surface area (Å²) in [7, 11) is 2.45. The molecule has 0 bridgehead atoms. The third-order valence-electron chi connectivity index (χ3n) is 8.33. The van der Waals surface area contributed by atoms with Crippen LogP contribution in [-0.4, -0.2) is 80.4 Å². The molecule has 0 fully saturated rings. The van der Waals surface area contributed by atoms with E-state index < -0.39 is 21.7 Å². The molecule has 1 aliphatic rings. The second-order valence-corrected chi connectivity index (χ2v) is 13.9. The number of nitrogens with zero attached hydrogens (tertiary/aromatic N) is 5. The molecular formula is C35H37FN8O5S. The highest BCUT2D eigenvalue weighted by molar-refractivity contribution is 7.90. The molecule has 1 aliphatic heterocycles. The van der Waals surface area contributed by atoms with Crippen molar-refractivity contribution in [3.8, 4) is 5.75 Å². The fraction of sp³-hybridized carbons (Fsp3) is 0.257. The number of amides is 2. The van der Waals surface area contributed by atoms with Crippen molar-refractivity contribution >= 4 is 61.7 Å². The van der Waals surface area contributed by atoms with Crippen molar-refractivity contribution in [2.75, 3.05) is 56.9 Å². The molecule has 0 spiro atoms. The first-order valence-electron chi connectivity index (χ1n) is 15.8. The molecule has 3 heterocycles. The smallest absolute Gasteiger partial charge is 0.269 e. The number of hydrogen-bond donors (Lipinski definition) is 3. The summed E-state index contributed by atoms with van der Waals surface area (Å²) in [5, 5.41) is 8.94. The zero-order valence-corrected chi connectivity index (χ0v) is 29.1. The molecule has 3 N–H and O–H groups in total. The van der Waals surface area contributed by atoms with Gasteiger partial charge >= 0.3 is 0 Å². The lowest BCUT2D eigenvalue weighted by atomic mass is 10.00. The average Bonchev–Trinajstić information content (AvgIpc) is 3.52. The Labute approximate surface area is 289 Å². The molecule has 15 heteroatoms. The zero-order valence-electron chi connectivity index (χ0n) is 28.2. The van der Waals surface area contributed by atoms with Gasteiger partial charge in [0, 0.05) is 25.5 Å². The fourth-order valence-electron chi connectivity index (χ4n) is 5.88. The molecule has 260 valence electrons. The number of likely N-dealkylation sites (N-methyl/N-ethyl adjacent to an activating group) is 1. The molecule has 13 nitrogen and oxygen atoms in total. The summed E-state index contributed by atoms with van der Waals surface area (Å²) in [5.74, 6) is -0.954. The first-order valence-corrected chi connectivity index (χ1v) is 17.3. The molecule has 3 aromatic carbocycles. The van der Waals surface area contributed by atoms with Crippen LogP contribution in [0.4, 0.5) is 33.2 Å². The van der Waals surface area contributed by atoms with E-state index >= 15 is 0 Å². The monoisotopic (exact) mass is 700 g/mol. The molecule has 6 rings (SSSR count). The van der Waals surface area contributed by atoms with E-state index in [1.54, 1.807) is 23.1 Å². The summed E-state index contributed by atoms with van der Waals surface area (Å²) in [6, 6.07) is 15.7. The quantitative estimate of drug-likeness (QED) is 0.185. The van der Waals surface area contributed by atoms with Gasteiger partial charge < -0.3 is 30.5 Å². The van der Waals surface area contributed by atoms with Gasteiger partial charge in [-0.3, -0.25) is 9.59 Å². The molecule has 5 aromatic rings. The van der Waals surface area contributed by atoms with Gasteiger partial charge in [-0.15, -0.1) is 0 Å². The highest BCUT2D eigenvalue weighted by Gasteiger charge is 2.27. The van der Waals surface area contributed by atoms with Crippen LogP contribution in [0.5, 0.6) is 5.75 Å². The predicted octanol–water partition coefficient (Wildman–Crippen LogP) is 4.81. The number of halogens is 1. The van der Waals surface area contributed by atoms with Crippen molar-refractivity contribution in [3.63, 3.8) is 0 Å². The van der Waals surface area contributed by atoms with Gasteiger partial charge in [0.25, 0.3) is 15.9 Å². The molecular weight excluding hydrogens is 664 g/mol. The van der Waals surface area contributed by atoms with E-state index in [0.29, 0.717) is 23.7 Å². The Morgan fingerprint density at radius 3 is 2.48 bits per heavy atom. The van der Waals surface area contributed by atoms with Gasteiger partial charge in [0.2, 0.25) is 11.9 Å². The van der Waals surface area contributed by atoms with Gasteiger partial charge in [-0.2, -0.15) is 9.97 Å². The second-order valence-electron chi connectivity index (χ2n) is 12.1. The van der Waals surface area contributed by atoms with E-state index in [1.807, 2.05) is 32.0 Å². The lowest BCUT2D eigenvalue weighted by molar-refractivity contribution is -0.119. The highest BCUT2D eigenvalue weighted by atomic mass is 32.2. The minimum Gasteiger partial charge on any atom is -0.495 e. The van der Waals surface area contributed by atoms with Gasteiger partial charge in [0.05, 0.1) is 40.9 Å². The van der Waals surface area contributed by atoms with E-state index in [0.717, 1.165) is 34.0 Å². The Kier molecular flexibility index (Phi) is 9.45. The lowest BCUT2D eigenvalue weighted by Gasteiger charge is -2.31. The Hall–Kier alpha value is -5.54.